The first-order chi connectivity index (χ1) is 8.58. The minimum absolute atomic E-state index is 0.247. The molecule has 0 atom stereocenters. The molecular weight excluding hydrogens is 222 g/mol. The lowest BCUT2D eigenvalue weighted by molar-refractivity contribution is 0.0958. The van der Waals surface area contributed by atoms with Crippen LogP contribution in [0.25, 0.3) is 0 Å². The Kier molecular flexibility index (Phi) is 6.06. The predicted molar refractivity (Wildman–Crippen MR) is 77.1 cm³/mol. The molecule has 0 saturated heterocycles. The fourth-order valence-electron chi connectivity index (χ4n) is 2.34. The zero-order chi connectivity index (χ0) is 13.5. The van der Waals surface area contributed by atoms with Crippen LogP contribution >= 0.6 is 0 Å². The third-order valence-corrected chi connectivity index (χ3v) is 3.60. The molecule has 0 fully saturated rings. The number of carbonyl (C=O) groups excluding carboxylic acids is 1. The minimum atomic E-state index is 0.247. The molecule has 0 saturated carbocycles. The standard InChI is InChI=1S/C16H25NO/c1-5-15(6-2)17(4)11-10-16(18)14-9-7-8-13(3)12-14/h7-9,12,15H,5-6,10-11H2,1-4H3. The molecule has 0 amide bonds. The normalized spacial score (nSPS) is 11.2. The molecule has 0 aliphatic rings. The van der Waals surface area contributed by atoms with E-state index in [9.17, 15) is 4.79 Å². The Labute approximate surface area is 111 Å². The highest BCUT2D eigenvalue weighted by Gasteiger charge is 2.12. The van der Waals surface area contributed by atoms with E-state index in [4.69, 9.17) is 0 Å². The third-order valence-electron chi connectivity index (χ3n) is 3.60. The third kappa shape index (κ3) is 4.26. The maximum absolute atomic E-state index is 12.1. The van der Waals surface area contributed by atoms with Gasteiger partial charge in [-0.05, 0) is 32.9 Å². The molecule has 0 aliphatic heterocycles. The van der Waals surface area contributed by atoms with Gasteiger partial charge < -0.3 is 4.90 Å². The van der Waals surface area contributed by atoms with Crippen molar-refractivity contribution in [3.8, 4) is 0 Å². The monoisotopic (exact) mass is 247 g/mol. The lowest BCUT2D eigenvalue weighted by atomic mass is 10.0. The highest BCUT2D eigenvalue weighted by atomic mass is 16.1. The molecule has 0 unspecified atom stereocenters. The molecule has 1 aromatic rings. The summed E-state index contributed by atoms with van der Waals surface area (Å²) >= 11 is 0. The molecule has 0 heterocycles. The van der Waals surface area contributed by atoms with Crippen LogP contribution in [0.2, 0.25) is 0 Å². The van der Waals surface area contributed by atoms with Crippen molar-refractivity contribution in [1.29, 1.82) is 0 Å². The molecule has 0 radical (unpaired) electrons. The molecule has 100 valence electrons. The van der Waals surface area contributed by atoms with E-state index in [1.165, 1.54) is 0 Å². The summed E-state index contributed by atoms with van der Waals surface area (Å²) in [4.78, 5) is 14.4. The Morgan fingerprint density at radius 3 is 2.50 bits per heavy atom. The zero-order valence-electron chi connectivity index (χ0n) is 12.1. The summed E-state index contributed by atoms with van der Waals surface area (Å²) < 4.78 is 0. The van der Waals surface area contributed by atoms with E-state index in [1.54, 1.807) is 0 Å². The highest BCUT2D eigenvalue weighted by Crippen LogP contribution is 2.10. The topological polar surface area (TPSA) is 20.3 Å². The summed E-state index contributed by atoms with van der Waals surface area (Å²) in [5.41, 5.74) is 1.99. The lowest BCUT2D eigenvalue weighted by Gasteiger charge is -2.25. The van der Waals surface area contributed by atoms with Gasteiger partial charge in [0.25, 0.3) is 0 Å². The Morgan fingerprint density at radius 1 is 1.28 bits per heavy atom. The number of nitrogens with zero attached hydrogens (tertiary/aromatic N) is 1. The second-order valence-electron chi connectivity index (χ2n) is 4.99. The first kappa shape index (κ1) is 14.9. The molecule has 1 rings (SSSR count). The van der Waals surface area contributed by atoms with Crippen molar-refractivity contribution in [3.05, 3.63) is 35.4 Å². The van der Waals surface area contributed by atoms with Gasteiger partial charge >= 0.3 is 0 Å². The number of benzene rings is 1. The number of Topliss-reactive ketones (excluding diaryl/α,β-unsaturated/α-hetero) is 1. The van der Waals surface area contributed by atoms with Gasteiger partial charge in [0.1, 0.15) is 0 Å². The van der Waals surface area contributed by atoms with Crippen LogP contribution in [0.1, 0.15) is 49.0 Å². The number of rotatable bonds is 7. The van der Waals surface area contributed by atoms with Gasteiger partial charge in [-0.25, -0.2) is 0 Å². The number of hydrogen-bond donors (Lipinski definition) is 0. The maximum atomic E-state index is 12.1. The highest BCUT2D eigenvalue weighted by molar-refractivity contribution is 5.96. The van der Waals surface area contributed by atoms with Crippen molar-refractivity contribution in [2.24, 2.45) is 0 Å². The summed E-state index contributed by atoms with van der Waals surface area (Å²) in [5.74, 6) is 0.247. The van der Waals surface area contributed by atoms with Crippen LogP contribution < -0.4 is 0 Å². The predicted octanol–water partition coefficient (Wildman–Crippen LogP) is 3.69. The first-order valence-corrected chi connectivity index (χ1v) is 6.88. The van der Waals surface area contributed by atoms with Crippen molar-refractivity contribution in [2.45, 2.75) is 46.1 Å². The number of carbonyl (C=O) groups is 1. The average molecular weight is 247 g/mol. The largest absolute Gasteiger partial charge is 0.303 e. The fourth-order valence-corrected chi connectivity index (χ4v) is 2.34. The first-order valence-electron chi connectivity index (χ1n) is 6.88. The molecule has 0 bridgehead atoms. The minimum Gasteiger partial charge on any atom is -0.303 e. The van der Waals surface area contributed by atoms with Gasteiger partial charge in [-0.1, -0.05) is 37.6 Å². The van der Waals surface area contributed by atoms with Crippen LogP contribution in [0.4, 0.5) is 0 Å². The summed E-state index contributed by atoms with van der Waals surface area (Å²) in [6, 6.07) is 8.45. The van der Waals surface area contributed by atoms with Crippen LogP contribution in [0.3, 0.4) is 0 Å². The maximum Gasteiger partial charge on any atom is 0.164 e. The van der Waals surface area contributed by atoms with Gasteiger partial charge in [0.2, 0.25) is 0 Å². The Balaban J connectivity index is 2.51. The molecule has 2 nitrogen and oxygen atoms in total. The summed E-state index contributed by atoms with van der Waals surface area (Å²) in [7, 11) is 2.11. The van der Waals surface area contributed by atoms with E-state index >= 15 is 0 Å². The number of ketones is 1. The molecule has 18 heavy (non-hydrogen) atoms. The molecular formula is C16H25NO. The average Bonchev–Trinajstić information content (AvgIpc) is 2.37. The van der Waals surface area contributed by atoms with Crippen molar-refractivity contribution < 1.29 is 4.79 Å². The summed E-state index contributed by atoms with van der Waals surface area (Å²) in [5, 5.41) is 0. The Bertz CT molecular complexity index is 382. The van der Waals surface area contributed by atoms with Gasteiger partial charge in [0.05, 0.1) is 0 Å². The van der Waals surface area contributed by atoms with Crippen LogP contribution in [0.15, 0.2) is 24.3 Å². The van der Waals surface area contributed by atoms with Crippen molar-refractivity contribution in [1.82, 2.24) is 4.90 Å². The van der Waals surface area contributed by atoms with Crippen molar-refractivity contribution in [3.63, 3.8) is 0 Å². The van der Waals surface area contributed by atoms with Gasteiger partial charge in [0, 0.05) is 24.6 Å². The fraction of sp³-hybridized carbons (Fsp3) is 0.562. The van der Waals surface area contributed by atoms with E-state index in [1.807, 2.05) is 31.2 Å². The Hall–Kier alpha value is -1.15. The van der Waals surface area contributed by atoms with Crippen LogP contribution in [0.5, 0.6) is 0 Å². The lowest BCUT2D eigenvalue weighted by Crippen LogP contribution is -2.32. The van der Waals surface area contributed by atoms with E-state index < -0.39 is 0 Å². The molecule has 0 aliphatic carbocycles. The van der Waals surface area contributed by atoms with E-state index in [0.717, 1.165) is 30.5 Å². The van der Waals surface area contributed by atoms with E-state index in [2.05, 4.69) is 25.8 Å². The smallest absolute Gasteiger partial charge is 0.164 e. The van der Waals surface area contributed by atoms with E-state index in [-0.39, 0.29) is 5.78 Å². The number of hydrogen-bond acceptors (Lipinski definition) is 2. The molecule has 0 aromatic heterocycles. The SMILES string of the molecule is CCC(CC)N(C)CCC(=O)c1cccc(C)c1. The molecule has 0 spiro atoms. The van der Waals surface area contributed by atoms with Crippen LogP contribution in [-0.4, -0.2) is 30.3 Å². The summed E-state index contributed by atoms with van der Waals surface area (Å²) in [6.45, 7) is 7.27. The van der Waals surface area contributed by atoms with Gasteiger partial charge in [-0.2, -0.15) is 0 Å². The van der Waals surface area contributed by atoms with Gasteiger partial charge in [-0.3, -0.25) is 4.79 Å². The van der Waals surface area contributed by atoms with Crippen molar-refractivity contribution in [2.75, 3.05) is 13.6 Å². The van der Waals surface area contributed by atoms with Gasteiger partial charge in [-0.15, -0.1) is 0 Å². The zero-order valence-corrected chi connectivity index (χ0v) is 12.1. The summed E-state index contributed by atoms with van der Waals surface area (Å²) in [6.07, 6.45) is 2.90. The second kappa shape index (κ2) is 7.32. The van der Waals surface area contributed by atoms with Gasteiger partial charge in [0.15, 0.2) is 5.78 Å². The van der Waals surface area contributed by atoms with Crippen molar-refractivity contribution >= 4 is 5.78 Å². The second-order valence-corrected chi connectivity index (χ2v) is 4.99. The quantitative estimate of drug-likeness (QED) is 0.685. The van der Waals surface area contributed by atoms with Crippen LogP contribution in [-0.2, 0) is 0 Å². The number of aryl methyl sites for hydroxylation is 1. The molecule has 0 N–H and O–H groups in total. The van der Waals surface area contributed by atoms with E-state index in [0.29, 0.717) is 12.5 Å². The molecule has 1 aromatic carbocycles. The molecule has 2 heteroatoms. The van der Waals surface area contributed by atoms with Crippen LogP contribution in [0, 0.1) is 6.92 Å². The Morgan fingerprint density at radius 2 is 1.94 bits per heavy atom.